The van der Waals surface area contributed by atoms with E-state index in [4.69, 9.17) is 14.3 Å². The predicted octanol–water partition coefficient (Wildman–Crippen LogP) is 2.15. The summed E-state index contributed by atoms with van der Waals surface area (Å²) < 4.78 is 33.5. The van der Waals surface area contributed by atoms with Crippen molar-refractivity contribution < 1.29 is 27.5 Å². The van der Waals surface area contributed by atoms with Crippen LogP contribution in [0.4, 0.5) is 0 Å². The van der Waals surface area contributed by atoms with Crippen LogP contribution in [0.3, 0.4) is 0 Å². The summed E-state index contributed by atoms with van der Waals surface area (Å²) in [6, 6.07) is 13.9. The van der Waals surface area contributed by atoms with Gasteiger partial charge < -0.3 is 19.6 Å². The van der Waals surface area contributed by atoms with Crippen LogP contribution in [0.25, 0.3) is 0 Å². The second-order valence-corrected chi connectivity index (χ2v) is 8.99. The number of benzene rings is 2. The second kappa shape index (κ2) is 9.88. The van der Waals surface area contributed by atoms with Crippen LogP contribution >= 0.6 is 0 Å². The molecule has 0 aliphatic heterocycles. The van der Waals surface area contributed by atoms with Crippen LogP contribution in [0.2, 0.25) is 0 Å². The number of nitrogens with two attached hydrogens (primary N) is 1. The summed E-state index contributed by atoms with van der Waals surface area (Å²) in [5.41, 5.74) is 0.719. The zero-order valence-corrected chi connectivity index (χ0v) is 18.9. The SMILES string of the molecule is COc1ccc(C(CC(=O)NCc2ccc(S(N)(=O)=O)cc2)c2oc(C)cc(=O)c2O)cc1. The first-order valence-corrected chi connectivity index (χ1v) is 11.5. The van der Waals surface area contributed by atoms with Gasteiger partial charge in [0.25, 0.3) is 0 Å². The Morgan fingerprint density at radius 1 is 1.15 bits per heavy atom. The number of carbonyl (C=O) groups is 1. The molecule has 0 bridgehead atoms. The summed E-state index contributed by atoms with van der Waals surface area (Å²) in [7, 11) is -2.27. The molecule has 2 aromatic carbocycles. The van der Waals surface area contributed by atoms with Gasteiger partial charge in [0.15, 0.2) is 5.76 Å². The first-order valence-electron chi connectivity index (χ1n) is 9.94. The average molecular weight is 473 g/mol. The molecule has 1 unspecified atom stereocenters. The monoisotopic (exact) mass is 472 g/mol. The van der Waals surface area contributed by atoms with Crippen molar-refractivity contribution in [1.29, 1.82) is 0 Å². The fraction of sp³-hybridized carbons (Fsp3) is 0.217. The number of hydrogen-bond acceptors (Lipinski definition) is 7. The standard InChI is InChI=1S/C23H24N2O7S/c1-14-11-20(26)22(28)23(32-14)19(16-5-7-17(31-2)8-6-16)12-21(27)25-13-15-3-9-18(10-4-15)33(24,29)30/h3-11,19,28H,12-13H2,1-2H3,(H,25,27)(H2,24,29,30). The summed E-state index contributed by atoms with van der Waals surface area (Å²) in [4.78, 5) is 24.8. The minimum absolute atomic E-state index is 0.00202. The van der Waals surface area contributed by atoms with Gasteiger partial charge in [-0.15, -0.1) is 0 Å². The molecule has 33 heavy (non-hydrogen) atoms. The van der Waals surface area contributed by atoms with Crippen molar-refractivity contribution in [3.05, 3.63) is 87.5 Å². The number of methoxy groups -OCH3 is 1. The van der Waals surface area contributed by atoms with E-state index in [2.05, 4.69) is 5.32 Å². The van der Waals surface area contributed by atoms with Crippen molar-refractivity contribution >= 4 is 15.9 Å². The van der Waals surface area contributed by atoms with Crippen molar-refractivity contribution in [3.63, 3.8) is 0 Å². The van der Waals surface area contributed by atoms with Gasteiger partial charge in [0.2, 0.25) is 27.1 Å². The van der Waals surface area contributed by atoms with Crippen molar-refractivity contribution in [2.75, 3.05) is 7.11 Å². The first-order chi connectivity index (χ1) is 15.6. The van der Waals surface area contributed by atoms with Crippen LogP contribution in [-0.4, -0.2) is 26.5 Å². The van der Waals surface area contributed by atoms with E-state index in [1.54, 1.807) is 43.3 Å². The smallest absolute Gasteiger partial charge is 0.238 e. The molecular weight excluding hydrogens is 448 g/mol. The molecule has 1 amide bonds. The van der Waals surface area contributed by atoms with Crippen LogP contribution in [0, 0.1) is 6.92 Å². The molecule has 0 saturated heterocycles. The molecule has 9 nitrogen and oxygen atoms in total. The van der Waals surface area contributed by atoms with Crippen LogP contribution in [-0.2, 0) is 21.4 Å². The number of amides is 1. The van der Waals surface area contributed by atoms with Gasteiger partial charge in [-0.05, 0) is 42.3 Å². The van der Waals surface area contributed by atoms with Crippen LogP contribution in [0.5, 0.6) is 11.5 Å². The molecule has 174 valence electrons. The highest BCUT2D eigenvalue weighted by Crippen LogP contribution is 2.33. The Morgan fingerprint density at radius 3 is 2.36 bits per heavy atom. The number of aromatic hydroxyl groups is 1. The molecule has 0 spiro atoms. The average Bonchev–Trinajstić information content (AvgIpc) is 2.78. The molecule has 1 atom stereocenters. The molecule has 10 heteroatoms. The maximum absolute atomic E-state index is 12.8. The van der Waals surface area contributed by atoms with E-state index in [1.165, 1.54) is 25.3 Å². The molecule has 0 aliphatic carbocycles. The zero-order chi connectivity index (χ0) is 24.2. The van der Waals surface area contributed by atoms with Crippen molar-refractivity contribution in [1.82, 2.24) is 5.32 Å². The number of hydrogen-bond donors (Lipinski definition) is 3. The van der Waals surface area contributed by atoms with Gasteiger partial charge in [0.05, 0.1) is 17.9 Å². The largest absolute Gasteiger partial charge is 0.502 e. The lowest BCUT2D eigenvalue weighted by atomic mass is 9.91. The van der Waals surface area contributed by atoms with Gasteiger partial charge in [0.1, 0.15) is 11.5 Å². The highest BCUT2D eigenvalue weighted by Gasteiger charge is 2.26. The minimum atomic E-state index is -3.80. The first kappa shape index (κ1) is 24.0. The van der Waals surface area contributed by atoms with Gasteiger partial charge in [-0.3, -0.25) is 9.59 Å². The molecule has 0 radical (unpaired) electrons. The number of primary sulfonamides is 1. The van der Waals surface area contributed by atoms with Crippen molar-refractivity contribution in [2.45, 2.75) is 30.7 Å². The van der Waals surface area contributed by atoms with Gasteiger partial charge >= 0.3 is 0 Å². The van der Waals surface area contributed by atoms with Crippen LogP contribution < -0.4 is 20.6 Å². The Bertz CT molecular complexity index is 1300. The quantitative estimate of drug-likeness (QED) is 0.455. The highest BCUT2D eigenvalue weighted by atomic mass is 32.2. The summed E-state index contributed by atoms with van der Waals surface area (Å²) in [5.74, 6) is -0.727. The zero-order valence-electron chi connectivity index (χ0n) is 18.1. The topological polar surface area (TPSA) is 149 Å². The van der Waals surface area contributed by atoms with E-state index in [-0.39, 0.29) is 29.5 Å². The van der Waals surface area contributed by atoms with Crippen LogP contribution in [0.1, 0.15) is 35.0 Å². The minimum Gasteiger partial charge on any atom is -0.502 e. The molecule has 0 fully saturated rings. The van der Waals surface area contributed by atoms with Crippen LogP contribution in [0.15, 0.2) is 68.7 Å². The van der Waals surface area contributed by atoms with Gasteiger partial charge in [-0.25, -0.2) is 13.6 Å². The van der Waals surface area contributed by atoms with Gasteiger partial charge in [0, 0.05) is 19.0 Å². The predicted molar refractivity (Wildman–Crippen MR) is 120 cm³/mol. The Morgan fingerprint density at radius 2 is 1.79 bits per heavy atom. The maximum atomic E-state index is 12.8. The molecule has 3 aromatic rings. The van der Waals surface area contributed by atoms with Crippen molar-refractivity contribution in [2.24, 2.45) is 5.14 Å². The summed E-state index contributed by atoms with van der Waals surface area (Å²) in [6.45, 7) is 1.73. The summed E-state index contributed by atoms with van der Waals surface area (Å²) >= 11 is 0. The molecule has 1 aromatic heterocycles. The summed E-state index contributed by atoms with van der Waals surface area (Å²) in [5, 5.41) is 18.2. The molecule has 3 rings (SSSR count). The maximum Gasteiger partial charge on any atom is 0.238 e. The number of aryl methyl sites for hydroxylation is 1. The van der Waals surface area contributed by atoms with E-state index in [0.717, 1.165) is 0 Å². The lowest BCUT2D eigenvalue weighted by Crippen LogP contribution is -2.25. The molecular formula is C23H24N2O7S. The Hall–Kier alpha value is -3.63. The Kier molecular flexibility index (Phi) is 7.19. The number of rotatable bonds is 8. The highest BCUT2D eigenvalue weighted by molar-refractivity contribution is 7.89. The van der Waals surface area contributed by atoms with E-state index in [9.17, 15) is 23.1 Å². The number of sulfonamides is 1. The number of carbonyl (C=O) groups excluding carboxylic acids is 1. The second-order valence-electron chi connectivity index (χ2n) is 7.43. The fourth-order valence-corrected chi connectivity index (χ4v) is 3.83. The summed E-state index contributed by atoms with van der Waals surface area (Å²) in [6.07, 6.45) is -0.110. The van der Waals surface area contributed by atoms with Crippen molar-refractivity contribution in [3.8, 4) is 11.5 Å². The Balaban J connectivity index is 1.82. The third-order valence-corrected chi connectivity index (χ3v) is 5.97. The molecule has 4 N–H and O–H groups in total. The van der Waals surface area contributed by atoms with E-state index in [1.807, 2.05) is 0 Å². The normalized spacial score (nSPS) is 12.2. The third-order valence-electron chi connectivity index (χ3n) is 5.04. The fourth-order valence-electron chi connectivity index (χ4n) is 3.32. The van der Waals surface area contributed by atoms with E-state index in [0.29, 0.717) is 22.6 Å². The third kappa shape index (κ3) is 5.99. The van der Waals surface area contributed by atoms with Gasteiger partial charge in [-0.1, -0.05) is 24.3 Å². The number of nitrogens with one attached hydrogen (secondary N) is 1. The van der Waals surface area contributed by atoms with Gasteiger partial charge in [-0.2, -0.15) is 0 Å². The molecule has 0 aliphatic rings. The van der Waals surface area contributed by atoms with E-state index >= 15 is 0 Å². The molecule has 0 saturated carbocycles. The van der Waals surface area contributed by atoms with E-state index < -0.39 is 27.1 Å². The lowest BCUT2D eigenvalue weighted by molar-refractivity contribution is -0.121. The lowest BCUT2D eigenvalue weighted by Gasteiger charge is -2.18. The number of ether oxygens (including phenoxy) is 1. The molecule has 1 heterocycles. The Labute approximate surface area is 190 Å².